The van der Waals surface area contributed by atoms with E-state index in [-0.39, 0.29) is 43.2 Å². The molecule has 0 unspecified atom stereocenters. The lowest BCUT2D eigenvalue weighted by molar-refractivity contribution is -0.645. The second-order valence-electron chi connectivity index (χ2n) is 5.23. The Balaban J connectivity index is 0.00000261. The molecular formula is C16H16ClN5O5. The predicted octanol–water partition coefficient (Wildman–Crippen LogP) is -1.54. The summed E-state index contributed by atoms with van der Waals surface area (Å²) in [7, 11) is 0. The number of carbonyl (C=O) groups is 1. The molecular weight excluding hydrogens is 378 g/mol. The number of nitrogens with two attached hydrogens (primary N) is 1. The van der Waals surface area contributed by atoms with Gasteiger partial charge in [0.15, 0.2) is 17.8 Å². The van der Waals surface area contributed by atoms with Crippen molar-refractivity contribution in [3.05, 3.63) is 52.3 Å². The Kier molecular flexibility index (Phi) is 6.14. The number of carbonyl (C=O) groups excluding carboxylic acids is 1. The molecule has 0 atom stereocenters. The third kappa shape index (κ3) is 4.06. The lowest BCUT2D eigenvalue weighted by Gasteiger charge is -2.01. The molecule has 1 aromatic carbocycles. The zero-order valence-corrected chi connectivity index (χ0v) is 15.0. The summed E-state index contributed by atoms with van der Waals surface area (Å²) < 4.78 is 13.0. The minimum atomic E-state index is -0.635. The fourth-order valence-electron chi connectivity index (χ4n) is 2.48. The van der Waals surface area contributed by atoms with E-state index in [4.69, 9.17) is 14.9 Å². The number of benzene rings is 1. The Bertz CT molecular complexity index is 1010. The lowest BCUT2D eigenvalue weighted by atomic mass is 10.3. The highest BCUT2D eigenvalue weighted by atomic mass is 35.5. The summed E-state index contributed by atoms with van der Waals surface area (Å²) in [5.41, 5.74) is 7.50. The van der Waals surface area contributed by atoms with Gasteiger partial charge >= 0.3 is 17.8 Å². The number of hydrogen-bond donors (Lipinski definition) is 1. The van der Waals surface area contributed by atoms with Crippen molar-refractivity contribution in [3.8, 4) is 0 Å². The summed E-state index contributed by atoms with van der Waals surface area (Å²) in [6.45, 7) is 1.93. The first-order valence-corrected chi connectivity index (χ1v) is 7.74. The van der Waals surface area contributed by atoms with E-state index in [0.29, 0.717) is 11.0 Å². The highest BCUT2D eigenvalue weighted by Gasteiger charge is 2.23. The van der Waals surface area contributed by atoms with Crippen LogP contribution in [0.5, 0.6) is 0 Å². The van der Waals surface area contributed by atoms with Crippen LogP contribution in [-0.4, -0.2) is 28.4 Å². The molecule has 0 saturated carbocycles. The van der Waals surface area contributed by atoms with Crippen molar-refractivity contribution in [2.75, 3.05) is 12.3 Å². The van der Waals surface area contributed by atoms with Crippen LogP contribution in [0.4, 0.5) is 11.8 Å². The molecule has 3 aromatic rings. The van der Waals surface area contributed by atoms with Crippen LogP contribution in [0.1, 0.15) is 12.7 Å². The van der Waals surface area contributed by atoms with Crippen molar-refractivity contribution in [3.63, 3.8) is 0 Å². The molecule has 0 aliphatic carbocycles. The van der Waals surface area contributed by atoms with E-state index in [2.05, 4.69) is 5.10 Å². The molecule has 0 aliphatic rings. The molecule has 142 valence electrons. The van der Waals surface area contributed by atoms with Crippen molar-refractivity contribution >= 4 is 35.0 Å². The molecule has 0 saturated heterocycles. The predicted molar refractivity (Wildman–Crippen MR) is 91.5 cm³/mol. The number of nitro groups is 1. The van der Waals surface area contributed by atoms with E-state index in [1.807, 2.05) is 6.07 Å². The number of fused-ring (bicyclic) bond motifs is 1. The van der Waals surface area contributed by atoms with E-state index in [9.17, 15) is 14.9 Å². The molecule has 0 aliphatic heterocycles. The molecule has 0 amide bonds. The molecule has 27 heavy (non-hydrogen) atoms. The Morgan fingerprint density at radius 2 is 2.15 bits per heavy atom. The van der Waals surface area contributed by atoms with E-state index >= 15 is 0 Å². The number of esters is 1. The van der Waals surface area contributed by atoms with Gasteiger partial charge in [0.25, 0.3) is 0 Å². The van der Waals surface area contributed by atoms with Crippen LogP contribution < -0.4 is 22.7 Å². The van der Waals surface area contributed by atoms with Gasteiger partial charge in [-0.1, -0.05) is 12.1 Å². The Morgan fingerprint density at radius 3 is 2.81 bits per heavy atom. The van der Waals surface area contributed by atoms with E-state index in [1.165, 1.54) is 23.0 Å². The standard InChI is InChI=1S/C16H15N5O5.ClH/c1-2-25-15(22)10-19-12-5-3-4-6-13(12)20(16(19)17)18-9-11-7-8-14(26-11)21(23)24;/h3-9,17H,2,10H2,1H3;1H. The maximum atomic E-state index is 11.8. The SMILES string of the molecule is CCOC(=O)C[n+]1c(N)n(N=Cc2ccc([N+](=O)[O-])o2)c2ccccc21.[Cl-]. The fourth-order valence-corrected chi connectivity index (χ4v) is 2.48. The summed E-state index contributed by atoms with van der Waals surface area (Å²) in [6.07, 6.45) is 1.31. The molecule has 2 N–H and O–H groups in total. The van der Waals surface area contributed by atoms with Crippen LogP contribution in [-0.2, 0) is 16.1 Å². The van der Waals surface area contributed by atoms with Crippen molar-refractivity contribution in [1.29, 1.82) is 0 Å². The first-order chi connectivity index (χ1) is 12.5. The highest BCUT2D eigenvalue weighted by molar-refractivity contribution is 5.79. The molecule has 0 bridgehead atoms. The number of anilines is 1. The first-order valence-electron chi connectivity index (χ1n) is 7.74. The number of nitrogens with zero attached hydrogens (tertiary/aromatic N) is 4. The van der Waals surface area contributed by atoms with Gasteiger partial charge in [0.2, 0.25) is 0 Å². The van der Waals surface area contributed by atoms with Crippen LogP contribution >= 0.6 is 0 Å². The van der Waals surface area contributed by atoms with Crippen molar-refractivity contribution in [2.24, 2.45) is 5.10 Å². The Morgan fingerprint density at radius 1 is 1.41 bits per heavy atom. The Labute approximate surface area is 159 Å². The summed E-state index contributed by atoms with van der Waals surface area (Å²) in [5.74, 6) is -0.394. The topological polar surface area (TPSA) is 130 Å². The van der Waals surface area contributed by atoms with Gasteiger partial charge in [-0.25, -0.2) is 9.36 Å². The zero-order valence-electron chi connectivity index (χ0n) is 14.2. The quantitative estimate of drug-likeness (QED) is 0.178. The molecule has 11 heteroatoms. The van der Waals surface area contributed by atoms with Gasteiger partial charge in [-0.05, 0) is 25.1 Å². The number of ether oxygens (including phenoxy) is 1. The highest BCUT2D eigenvalue weighted by Crippen LogP contribution is 2.17. The molecule has 10 nitrogen and oxygen atoms in total. The second kappa shape index (κ2) is 8.32. The maximum absolute atomic E-state index is 11.8. The van der Waals surface area contributed by atoms with Crippen molar-refractivity contribution < 1.29 is 35.8 Å². The number of hydrogen-bond acceptors (Lipinski definition) is 7. The van der Waals surface area contributed by atoms with Crippen molar-refractivity contribution in [1.82, 2.24) is 4.68 Å². The lowest BCUT2D eigenvalue weighted by Crippen LogP contribution is -3.00. The van der Waals surface area contributed by atoms with Crippen molar-refractivity contribution in [2.45, 2.75) is 13.5 Å². The largest absolute Gasteiger partial charge is 1.00 e. The average Bonchev–Trinajstić information content (AvgIpc) is 3.18. The zero-order chi connectivity index (χ0) is 18.7. The number of nitrogen functional groups attached to an aromatic ring is 1. The average molecular weight is 394 g/mol. The molecule has 2 heterocycles. The molecule has 3 rings (SSSR count). The van der Waals surface area contributed by atoms with Gasteiger partial charge < -0.3 is 21.6 Å². The van der Waals surface area contributed by atoms with E-state index in [0.717, 1.165) is 0 Å². The Hall–Kier alpha value is -3.40. The number of aromatic nitrogens is 2. The number of halogens is 1. The minimum Gasteiger partial charge on any atom is -1.00 e. The summed E-state index contributed by atoms with van der Waals surface area (Å²) >= 11 is 0. The number of furan rings is 1. The van der Waals surface area contributed by atoms with Crippen LogP contribution in [0.2, 0.25) is 0 Å². The van der Waals surface area contributed by atoms with Gasteiger partial charge in [0.05, 0.1) is 12.7 Å². The molecule has 2 aromatic heterocycles. The van der Waals surface area contributed by atoms with Crippen LogP contribution in [0.3, 0.4) is 0 Å². The number of rotatable bonds is 6. The molecule has 0 spiro atoms. The van der Waals surface area contributed by atoms with Gasteiger partial charge in [-0.2, -0.15) is 0 Å². The third-order valence-electron chi connectivity index (χ3n) is 3.58. The minimum absolute atomic E-state index is 0. The number of para-hydroxylation sites is 2. The van der Waals surface area contributed by atoms with E-state index < -0.39 is 10.9 Å². The van der Waals surface area contributed by atoms with Crippen LogP contribution in [0, 0.1) is 10.1 Å². The van der Waals surface area contributed by atoms with Gasteiger partial charge in [0.1, 0.15) is 16.7 Å². The van der Waals surface area contributed by atoms with Gasteiger partial charge in [-0.3, -0.25) is 15.8 Å². The van der Waals surface area contributed by atoms with E-state index in [1.54, 1.807) is 29.7 Å². The number of imidazole rings is 1. The van der Waals surface area contributed by atoms with Crippen LogP contribution in [0.15, 0.2) is 45.9 Å². The first kappa shape index (κ1) is 19.9. The third-order valence-corrected chi connectivity index (χ3v) is 3.58. The molecule has 0 fully saturated rings. The summed E-state index contributed by atoms with van der Waals surface area (Å²) in [6, 6.07) is 9.87. The fraction of sp³-hybridized carbons (Fsp3) is 0.188. The second-order valence-corrected chi connectivity index (χ2v) is 5.23. The summed E-state index contributed by atoms with van der Waals surface area (Å²) in [4.78, 5) is 21.9. The smallest absolute Gasteiger partial charge is 0.433 e. The van der Waals surface area contributed by atoms with Crippen LogP contribution in [0.25, 0.3) is 11.0 Å². The van der Waals surface area contributed by atoms with Gasteiger partial charge in [-0.15, -0.1) is 9.78 Å². The van der Waals surface area contributed by atoms with Gasteiger partial charge in [0, 0.05) is 0 Å². The maximum Gasteiger partial charge on any atom is 0.433 e. The monoisotopic (exact) mass is 393 g/mol. The molecule has 0 radical (unpaired) electrons. The normalized spacial score (nSPS) is 10.9. The summed E-state index contributed by atoms with van der Waals surface area (Å²) in [5, 5.41) is 14.9.